The predicted octanol–water partition coefficient (Wildman–Crippen LogP) is 1.51. The first-order valence-electron chi connectivity index (χ1n) is 7.40. The first-order chi connectivity index (χ1) is 11.0. The van der Waals surface area contributed by atoms with Crippen LogP contribution in [-0.2, 0) is 16.1 Å². The van der Waals surface area contributed by atoms with Crippen molar-refractivity contribution in [2.45, 2.75) is 33.4 Å². The monoisotopic (exact) mass is 316 g/mol. The van der Waals surface area contributed by atoms with Crippen molar-refractivity contribution < 1.29 is 14.1 Å². The lowest BCUT2D eigenvalue weighted by Gasteiger charge is -2.20. The van der Waals surface area contributed by atoms with Crippen molar-refractivity contribution >= 4 is 11.8 Å². The number of carbonyl (C=O) groups is 2. The number of carbonyl (C=O) groups excluding carboxylic acids is 2. The number of amides is 2. The van der Waals surface area contributed by atoms with Gasteiger partial charge in [0.25, 0.3) is 0 Å². The van der Waals surface area contributed by atoms with Gasteiger partial charge in [-0.2, -0.15) is 4.98 Å². The van der Waals surface area contributed by atoms with Crippen LogP contribution in [0.15, 0.2) is 34.9 Å². The molecule has 0 spiro atoms. The second-order valence-corrected chi connectivity index (χ2v) is 5.52. The summed E-state index contributed by atoms with van der Waals surface area (Å²) < 4.78 is 5.13. The molecule has 2 aromatic rings. The minimum absolute atomic E-state index is 0.0264. The van der Waals surface area contributed by atoms with E-state index in [1.165, 1.54) is 6.92 Å². The number of aromatic nitrogens is 2. The highest BCUT2D eigenvalue weighted by Crippen LogP contribution is 2.14. The minimum Gasteiger partial charge on any atom is -0.345 e. The van der Waals surface area contributed by atoms with Crippen LogP contribution in [-0.4, -0.2) is 28.0 Å². The Morgan fingerprint density at radius 2 is 1.91 bits per heavy atom. The SMILES string of the molecule is CC(=O)NC(C(=O)NCc1nc(-c2ccccc2)no1)C(C)C. The average Bonchev–Trinajstić information content (AvgIpc) is 2.99. The number of rotatable bonds is 6. The van der Waals surface area contributed by atoms with E-state index in [1.54, 1.807) is 0 Å². The summed E-state index contributed by atoms with van der Waals surface area (Å²) in [5.41, 5.74) is 0.840. The van der Waals surface area contributed by atoms with Gasteiger partial charge in [0.15, 0.2) is 0 Å². The van der Waals surface area contributed by atoms with Crippen LogP contribution in [0.4, 0.5) is 0 Å². The van der Waals surface area contributed by atoms with E-state index >= 15 is 0 Å². The molecule has 2 amide bonds. The maximum atomic E-state index is 12.2. The maximum Gasteiger partial charge on any atom is 0.246 e. The molecule has 23 heavy (non-hydrogen) atoms. The maximum absolute atomic E-state index is 12.2. The molecule has 1 unspecified atom stereocenters. The van der Waals surface area contributed by atoms with E-state index in [9.17, 15) is 9.59 Å². The van der Waals surface area contributed by atoms with Crippen LogP contribution in [0.25, 0.3) is 11.4 Å². The summed E-state index contributed by atoms with van der Waals surface area (Å²) in [5.74, 6) is 0.221. The smallest absolute Gasteiger partial charge is 0.246 e. The molecule has 122 valence electrons. The van der Waals surface area contributed by atoms with Gasteiger partial charge in [0, 0.05) is 12.5 Å². The van der Waals surface area contributed by atoms with Crippen LogP contribution in [0.5, 0.6) is 0 Å². The molecule has 7 nitrogen and oxygen atoms in total. The average molecular weight is 316 g/mol. The first kappa shape index (κ1) is 16.7. The summed E-state index contributed by atoms with van der Waals surface area (Å²) in [6.45, 7) is 5.22. The molecule has 0 aliphatic heterocycles. The molecule has 0 aliphatic rings. The van der Waals surface area contributed by atoms with Gasteiger partial charge in [-0.3, -0.25) is 9.59 Å². The van der Waals surface area contributed by atoms with Crippen molar-refractivity contribution in [2.75, 3.05) is 0 Å². The molecule has 1 aromatic carbocycles. The fourth-order valence-electron chi connectivity index (χ4n) is 2.06. The molecular formula is C16H20N4O3. The summed E-state index contributed by atoms with van der Waals surface area (Å²) in [6.07, 6.45) is 0. The Balaban J connectivity index is 1.96. The topological polar surface area (TPSA) is 97.1 Å². The minimum atomic E-state index is -0.594. The standard InChI is InChI=1S/C16H20N4O3/c1-10(2)14(18-11(3)21)16(22)17-9-13-19-15(20-23-13)12-7-5-4-6-8-12/h4-8,10,14H,9H2,1-3H3,(H,17,22)(H,18,21). The Morgan fingerprint density at radius 3 is 2.52 bits per heavy atom. The quantitative estimate of drug-likeness (QED) is 0.842. The van der Waals surface area contributed by atoms with Gasteiger partial charge in [-0.25, -0.2) is 0 Å². The predicted molar refractivity (Wildman–Crippen MR) is 84.0 cm³/mol. The van der Waals surface area contributed by atoms with Crippen molar-refractivity contribution in [3.63, 3.8) is 0 Å². The van der Waals surface area contributed by atoms with E-state index in [2.05, 4.69) is 20.8 Å². The van der Waals surface area contributed by atoms with E-state index < -0.39 is 6.04 Å². The summed E-state index contributed by atoms with van der Waals surface area (Å²) in [7, 11) is 0. The lowest BCUT2D eigenvalue weighted by atomic mass is 10.0. The largest absolute Gasteiger partial charge is 0.345 e. The lowest BCUT2D eigenvalue weighted by Crippen LogP contribution is -2.48. The van der Waals surface area contributed by atoms with Crippen molar-refractivity contribution in [3.05, 3.63) is 36.2 Å². The van der Waals surface area contributed by atoms with Gasteiger partial charge in [-0.1, -0.05) is 49.3 Å². The van der Waals surface area contributed by atoms with Gasteiger partial charge in [0.1, 0.15) is 6.04 Å². The number of hydrogen-bond donors (Lipinski definition) is 2. The molecule has 1 atom stereocenters. The number of nitrogens with one attached hydrogen (secondary N) is 2. The fraction of sp³-hybridized carbons (Fsp3) is 0.375. The molecular weight excluding hydrogens is 296 g/mol. The number of hydrogen-bond acceptors (Lipinski definition) is 5. The van der Waals surface area contributed by atoms with E-state index in [4.69, 9.17) is 4.52 Å². The molecule has 0 radical (unpaired) electrons. The van der Waals surface area contributed by atoms with Crippen molar-refractivity contribution in [1.82, 2.24) is 20.8 Å². The summed E-state index contributed by atoms with van der Waals surface area (Å²) in [5, 5.41) is 9.22. The number of nitrogens with zero attached hydrogens (tertiary/aromatic N) is 2. The molecule has 1 aromatic heterocycles. The van der Waals surface area contributed by atoms with Crippen LogP contribution in [0.1, 0.15) is 26.7 Å². The van der Waals surface area contributed by atoms with Crippen molar-refractivity contribution in [1.29, 1.82) is 0 Å². The second kappa shape index (κ2) is 7.53. The zero-order valence-corrected chi connectivity index (χ0v) is 13.4. The summed E-state index contributed by atoms with van der Waals surface area (Å²) in [6, 6.07) is 8.82. The Bertz CT molecular complexity index is 667. The Hall–Kier alpha value is -2.70. The number of benzene rings is 1. The van der Waals surface area contributed by atoms with Crippen LogP contribution in [0.3, 0.4) is 0 Å². The highest BCUT2D eigenvalue weighted by atomic mass is 16.5. The zero-order valence-electron chi connectivity index (χ0n) is 13.4. The highest BCUT2D eigenvalue weighted by molar-refractivity contribution is 5.86. The first-order valence-corrected chi connectivity index (χ1v) is 7.40. The van der Waals surface area contributed by atoms with Crippen LogP contribution in [0.2, 0.25) is 0 Å². The van der Waals surface area contributed by atoms with E-state index in [1.807, 2.05) is 44.2 Å². The Labute approximate surface area is 134 Å². The molecule has 2 rings (SSSR count). The molecule has 0 aliphatic carbocycles. The van der Waals surface area contributed by atoms with E-state index in [-0.39, 0.29) is 24.3 Å². The van der Waals surface area contributed by atoms with E-state index in [0.717, 1.165) is 5.56 Å². The third-order valence-corrected chi connectivity index (χ3v) is 3.22. The molecule has 0 saturated carbocycles. The zero-order chi connectivity index (χ0) is 16.8. The Morgan fingerprint density at radius 1 is 1.22 bits per heavy atom. The fourth-order valence-corrected chi connectivity index (χ4v) is 2.06. The second-order valence-electron chi connectivity index (χ2n) is 5.52. The van der Waals surface area contributed by atoms with Gasteiger partial charge in [0.05, 0.1) is 6.54 Å². The summed E-state index contributed by atoms with van der Waals surface area (Å²) in [4.78, 5) is 27.6. The van der Waals surface area contributed by atoms with Crippen molar-refractivity contribution in [2.24, 2.45) is 5.92 Å². The summed E-state index contributed by atoms with van der Waals surface area (Å²) >= 11 is 0. The van der Waals surface area contributed by atoms with Crippen molar-refractivity contribution in [3.8, 4) is 11.4 Å². The normalized spacial score (nSPS) is 12.0. The molecule has 7 heteroatoms. The van der Waals surface area contributed by atoms with Crippen LogP contribution < -0.4 is 10.6 Å². The third-order valence-electron chi connectivity index (χ3n) is 3.22. The van der Waals surface area contributed by atoms with Gasteiger partial charge < -0.3 is 15.2 Å². The van der Waals surface area contributed by atoms with Gasteiger partial charge in [0.2, 0.25) is 23.5 Å². The molecule has 1 heterocycles. The lowest BCUT2D eigenvalue weighted by molar-refractivity contribution is -0.129. The molecule has 0 fully saturated rings. The molecule has 0 saturated heterocycles. The van der Waals surface area contributed by atoms with Gasteiger partial charge >= 0.3 is 0 Å². The molecule has 0 bridgehead atoms. The van der Waals surface area contributed by atoms with Crippen LogP contribution in [0, 0.1) is 5.92 Å². The molecule has 2 N–H and O–H groups in total. The third kappa shape index (κ3) is 4.64. The van der Waals surface area contributed by atoms with Crippen LogP contribution >= 0.6 is 0 Å². The Kier molecular flexibility index (Phi) is 5.46. The highest BCUT2D eigenvalue weighted by Gasteiger charge is 2.23. The van der Waals surface area contributed by atoms with Gasteiger partial charge in [-0.15, -0.1) is 0 Å². The van der Waals surface area contributed by atoms with E-state index in [0.29, 0.717) is 11.7 Å². The van der Waals surface area contributed by atoms with Gasteiger partial charge in [-0.05, 0) is 5.92 Å².